The molecule has 3 aliphatic heterocycles. The summed E-state index contributed by atoms with van der Waals surface area (Å²) in [6, 6.07) is -0.526. The third-order valence-electron chi connectivity index (χ3n) is 3.82. The SMILES string of the molecule is CC1NC(C(=O)N[C@H]2CO[C@H]3C2OC[C@@H]3O[N+](=O)[O-])CS1. The van der Waals surface area contributed by atoms with Gasteiger partial charge in [-0.15, -0.1) is 21.9 Å². The van der Waals surface area contributed by atoms with Crippen molar-refractivity contribution in [3.63, 3.8) is 0 Å². The van der Waals surface area contributed by atoms with Gasteiger partial charge in [-0.05, 0) is 6.92 Å². The molecule has 0 aromatic rings. The number of carbonyl (C=O) groups is 1. The van der Waals surface area contributed by atoms with E-state index in [0.29, 0.717) is 0 Å². The zero-order valence-electron chi connectivity index (χ0n) is 11.4. The molecule has 3 unspecified atom stereocenters. The highest BCUT2D eigenvalue weighted by molar-refractivity contribution is 8.00. The second kappa shape index (κ2) is 5.95. The number of ether oxygens (including phenoxy) is 2. The van der Waals surface area contributed by atoms with Gasteiger partial charge in [-0.2, -0.15) is 0 Å². The molecule has 10 heteroatoms. The predicted molar refractivity (Wildman–Crippen MR) is 72.1 cm³/mol. The van der Waals surface area contributed by atoms with Gasteiger partial charge < -0.3 is 19.6 Å². The Morgan fingerprint density at radius 1 is 1.43 bits per heavy atom. The minimum absolute atomic E-state index is 0.0941. The van der Waals surface area contributed by atoms with Gasteiger partial charge in [0.05, 0.1) is 30.7 Å². The largest absolute Gasteiger partial charge is 0.371 e. The topological polar surface area (TPSA) is 112 Å². The van der Waals surface area contributed by atoms with E-state index in [4.69, 9.17) is 9.47 Å². The van der Waals surface area contributed by atoms with E-state index in [1.165, 1.54) is 0 Å². The van der Waals surface area contributed by atoms with Crippen LogP contribution in [0.4, 0.5) is 0 Å². The lowest BCUT2D eigenvalue weighted by atomic mass is 10.1. The molecule has 0 aromatic carbocycles. The molecule has 0 aliphatic carbocycles. The van der Waals surface area contributed by atoms with E-state index < -0.39 is 23.4 Å². The Bertz CT molecular complexity index is 438. The van der Waals surface area contributed by atoms with Crippen molar-refractivity contribution in [1.29, 1.82) is 0 Å². The van der Waals surface area contributed by atoms with Gasteiger partial charge in [0, 0.05) is 5.75 Å². The molecule has 0 spiro atoms. The fourth-order valence-electron chi connectivity index (χ4n) is 2.84. The van der Waals surface area contributed by atoms with Crippen molar-refractivity contribution in [2.24, 2.45) is 0 Å². The molecular weight excluding hydrogens is 302 g/mol. The Morgan fingerprint density at radius 2 is 2.19 bits per heavy atom. The molecular formula is C11H17N3O6S. The van der Waals surface area contributed by atoms with Crippen LogP contribution < -0.4 is 10.6 Å². The summed E-state index contributed by atoms with van der Waals surface area (Å²) >= 11 is 1.69. The molecule has 6 atom stereocenters. The van der Waals surface area contributed by atoms with Gasteiger partial charge in [0.25, 0.3) is 5.09 Å². The van der Waals surface area contributed by atoms with Crippen LogP contribution in [0.15, 0.2) is 0 Å². The average molecular weight is 319 g/mol. The average Bonchev–Trinajstić information content (AvgIpc) is 3.09. The first kappa shape index (κ1) is 14.8. The van der Waals surface area contributed by atoms with Gasteiger partial charge >= 0.3 is 0 Å². The van der Waals surface area contributed by atoms with Gasteiger partial charge in [-0.3, -0.25) is 10.1 Å². The third-order valence-corrected chi connectivity index (χ3v) is 4.98. The van der Waals surface area contributed by atoms with Crippen LogP contribution in [0.25, 0.3) is 0 Å². The Morgan fingerprint density at radius 3 is 2.86 bits per heavy atom. The zero-order valence-corrected chi connectivity index (χ0v) is 12.2. The van der Waals surface area contributed by atoms with Gasteiger partial charge in [-0.1, -0.05) is 0 Å². The molecule has 2 N–H and O–H groups in total. The van der Waals surface area contributed by atoms with Crippen LogP contribution in [-0.4, -0.2) is 65.7 Å². The second-order valence-corrected chi connectivity index (χ2v) is 6.65. The van der Waals surface area contributed by atoms with E-state index in [0.717, 1.165) is 5.75 Å². The Hall–Kier alpha value is -1.10. The number of hydrogen-bond donors (Lipinski definition) is 2. The number of amides is 1. The molecule has 0 bridgehead atoms. The number of nitrogens with zero attached hydrogens (tertiary/aromatic N) is 1. The van der Waals surface area contributed by atoms with Crippen molar-refractivity contribution in [2.45, 2.75) is 42.7 Å². The summed E-state index contributed by atoms with van der Waals surface area (Å²) in [5.74, 6) is 0.631. The number of hydrogen-bond acceptors (Lipinski definition) is 8. The standard InChI is InChI=1S/C11H17N3O6S/c1-5-12-7(4-21-5)11(15)13-6-2-18-10-8(20-14(16)17)3-19-9(6)10/h5-10,12H,2-4H2,1H3,(H,13,15)/t5?,6-,7?,8-,9?,10+/m0/s1. The van der Waals surface area contributed by atoms with Crippen molar-refractivity contribution in [2.75, 3.05) is 19.0 Å². The maximum atomic E-state index is 12.2. The monoisotopic (exact) mass is 319 g/mol. The quantitative estimate of drug-likeness (QED) is 0.496. The highest BCUT2D eigenvalue weighted by atomic mass is 32.2. The number of fused-ring (bicyclic) bond motifs is 1. The van der Waals surface area contributed by atoms with Gasteiger partial charge in [0.2, 0.25) is 5.91 Å². The molecule has 3 fully saturated rings. The van der Waals surface area contributed by atoms with Crippen molar-refractivity contribution in [1.82, 2.24) is 10.6 Å². The van der Waals surface area contributed by atoms with Gasteiger partial charge in [0.15, 0.2) is 6.10 Å². The van der Waals surface area contributed by atoms with E-state index >= 15 is 0 Å². The predicted octanol–water partition coefficient (Wildman–Crippen LogP) is -1.10. The molecule has 21 heavy (non-hydrogen) atoms. The van der Waals surface area contributed by atoms with Crippen molar-refractivity contribution >= 4 is 17.7 Å². The number of rotatable bonds is 4. The highest BCUT2D eigenvalue weighted by Crippen LogP contribution is 2.29. The van der Waals surface area contributed by atoms with E-state index in [-0.39, 0.29) is 36.6 Å². The summed E-state index contributed by atoms with van der Waals surface area (Å²) in [6.07, 6.45) is -1.64. The lowest BCUT2D eigenvalue weighted by Crippen LogP contribution is -2.51. The number of nitrogens with one attached hydrogen (secondary N) is 2. The molecule has 3 heterocycles. The molecule has 3 rings (SSSR count). The molecule has 0 saturated carbocycles. The lowest BCUT2D eigenvalue weighted by molar-refractivity contribution is -0.769. The van der Waals surface area contributed by atoms with E-state index in [1.807, 2.05) is 6.92 Å². The van der Waals surface area contributed by atoms with Crippen molar-refractivity contribution in [3.05, 3.63) is 10.1 Å². The molecule has 9 nitrogen and oxygen atoms in total. The van der Waals surface area contributed by atoms with Crippen molar-refractivity contribution in [3.8, 4) is 0 Å². The summed E-state index contributed by atoms with van der Waals surface area (Å²) in [5, 5.41) is 15.9. The summed E-state index contributed by atoms with van der Waals surface area (Å²) in [4.78, 5) is 27.1. The Balaban J connectivity index is 1.54. The number of thioether (sulfide) groups is 1. The summed E-state index contributed by atoms with van der Waals surface area (Å²) < 4.78 is 11.0. The van der Waals surface area contributed by atoms with Gasteiger partial charge in [-0.25, -0.2) is 0 Å². The van der Waals surface area contributed by atoms with E-state index in [9.17, 15) is 14.9 Å². The summed E-state index contributed by atoms with van der Waals surface area (Å²) in [7, 11) is 0. The molecule has 1 amide bonds. The Labute approximate surface area is 125 Å². The third kappa shape index (κ3) is 3.07. The summed E-state index contributed by atoms with van der Waals surface area (Å²) in [5.41, 5.74) is 0. The maximum Gasteiger partial charge on any atom is 0.294 e. The van der Waals surface area contributed by atoms with Crippen LogP contribution >= 0.6 is 11.8 Å². The minimum atomic E-state index is -0.841. The minimum Gasteiger partial charge on any atom is -0.371 e. The maximum absolute atomic E-state index is 12.2. The highest BCUT2D eigenvalue weighted by Gasteiger charge is 2.50. The van der Waals surface area contributed by atoms with Gasteiger partial charge in [0.1, 0.15) is 12.2 Å². The smallest absolute Gasteiger partial charge is 0.294 e. The Kier molecular flexibility index (Phi) is 4.20. The van der Waals surface area contributed by atoms with Crippen LogP contribution in [-0.2, 0) is 19.1 Å². The first-order valence-electron chi connectivity index (χ1n) is 6.77. The fourth-order valence-corrected chi connectivity index (χ4v) is 3.83. The lowest BCUT2D eigenvalue weighted by Gasteiger charge is -2.19. The fraction of sp³-hybridized carbons (Fsp3) is 0.909. The van der Waals surface area contributed by atoms with Crippen LogP contribution in [0.3, 0.4) is 0 Å². The zero-order chi connectivity index (χ0) is 15.0. The molecule has 3 aliphatic rings. The van der Waals surface area contributed by atoms with Crippen LogP contribution in [0.2, 0.25) is 0 Å². The van der Waals surface area contributed by atoms with Crippen LogP contribution in [0.5, 0.6) is 0 Å². The van der Waals surface area contributed by atoms with E-state index in [1.54, 1.807) is 11.8 Å². The van der Waals surface area contributed by atoms with Crippen molar-refractivity contribution < 1.29 is 24.2 Å². The van der Waals surface area contributed by atoms with Crippen LogP contribution in [0.1, 0.15) is 6.92 Å². The number of carbonyl (C=O) groups excluding carboxylic acids is 1. The normalized spacial score (nSPS) is 41.8. The molecule has 3 saturated heterocycles. The van der Waals surface area contributed by atoms with Crippen LogP contribution in [0, 0.1) is 10.1 Å². The summed E-state index contributed by atoms with van der Waals surface area (Å²) in [6.45, 7) is 2.37. The first-order chi connectivity index (χ1) is 10.0. The molecule has 0 radical (unpaired) electrons. The first-order valence-corrected chi connectivity index (χ1v) is 7.82. The molecule has 0 aromatic heterocycles. The second-order valence-electron chi connectivity index (χ2n) is 5.27. The van der Waals surface area contributed by atoms with E-state index in [2.05, 4.69) is 15.5 Å². The molecule has 118 valence electrons.